The number of thiazole rings is 1. The number of aryl methyl sites for hydroxylation is 1. The molecule has 1 heterocycles. The van der Waals surface area contributed by atoms with Crippen molar-refractivity contribution in [2.24, 2.45) is 0 Å². The van der Waals surface area contributed by atoms with E-state index in [1.807, 2.05) is 6.20 Å². The Morgan fingerprint density at radius 1 is 1.43 bits per heavy atom. The number of carbonyl (C=O) groups is 1. The molecule has 1 aromatic carbocycles. The average molecular weight is 325 g/mol. The molecule has 2 aromatic rings. The van der Waals surface area contributed by atoms with Crippen molar-refractivity contribution in [1.82, 2.24) is 10.3 Å². The molecule has 4 nitrogen and oxygen atoms in total. The first-order valence-electron chi connectivity index (χ1n) is 6.63. The molecule has 1 amide bonds. The first-order valence-corrected chi connectivity index (χ1v) is 7.88. The minimum atomic E-state index is -0.721. The number of benzene rings is 1. The lowest BCUT2D eigenvalue weighted by Gasteiger charge is -2.10. The Morgan fingerprint density at radius 2 is 2.14 bits per heavy atom. The summed E-state index contributed by atoms with van der Waals surface area (Å²) in [5.74, 6) is 0.507. The molecule has 1 atom stereocenters. The number of aromatic nitrogens is 1. The molecule has 112 valence electrons. The Kier molecular flexibility index (Phi) is 5.59. The van der Waals surface area contributed by atoms with Crippen molar-refractivity contribution >= 4 is 28.8 Å². The van der Waals surface area contributed by atoms with Gasteiger partial charge >= 0.3 is 0 Å². The van der Waals surface area contributed by atoms with Gasteiger partial charge < -0.3 is 10.1 Å². The summed E-state index contributed by atoms with van der Waals surface area (Å²) in [6, 6.07) is 7.14. The number of hydrogen-bond acceptors (Lipinski definition) is 4. The van der Waals surface area contributed by atoms with E-state index in [2.05, 4.69) is 17.2 Å². The van der Waals surface area contributed by atoms with Crippen molar-refractivity contribution in [2.75, 3.05) is 7.11 Å². The number of rotatable bonds is 6. The third-order valence-corrected chi connectivity index (χ3v) is 4.59. The van der Waals surface area contributed by atoms with Crippen LogP contribution in [0.4, 0.5) is 0 Å². The zero-order chi connectivity index (χ0) is 15.2. The predicted octanol–water partition coefficient (Wildman–Crippen LogP) is 3.31. The van der Waals surface area contributed by atoms with Crippen molar-refractivity contribution in [3.05, 3.63) is 45.9 Å². The minimum Gasteiger partial charge on any atom is -0.497 e. The molecule has 0 saturated heterocycles. The highest BCUT2D eigenvalue weighted by atomic mass is 35.5. The van der Waals surface area contributed by atoms with Crippen molar-refractivity contribution in [2.45, 2.75) is 25.3 Å². The summed E-state index contributed by atoms with van der Waals surface area (Å²) < 4.78 is 5.08. The number of amides is 1. The van der Waals surface area contributed by atoms with Crippen LogP contribution < -0.4 is 10.1 Å². The fourth-order valence-electron chi connectivity index (χ4n) is 1.77. The number of halogens is 1. The zero-order valence-electron chi connectivity index (χ0n) is 11.9. The summed E-state index contributed by atoms with van der Waals surface area (Å²) in [7, 11) is 1.60. The van der Waals surface area contributed by atoms with Crippen LogP contribution >= 0.6 is 22.9 Å². The Bertz CT molecular complexity index is 598. The van der Waals surface area contributed by atoms with Gasteiger partial charge in [0.05, 0.1) is 13.7 Å². The highest BCUT2D eigenvalue weighted by molar-refractivity contribution is 7.11. The second kappa shape index (κ2) is 7.43. The number of carbonyl (C=O) groups excluding carboxylic acids is 1. The van der Waals surface area contributed by atoms with Crippen LogP contribution in [-0.4, -0.2) is 18.0 Å². The maximum absolute atomic E-state index is 12.1. The van der Waals surface area contributed by atoms with Gasteiger partial charge in [0.15, 0.2) is 0 Å². The van der Waals surface area contributed by atoms with E-state index in [1.54, 1.807) is 42.7 Å². The molecule has 0 spiro atoms. The molecule has 0 aliphatic carbocycles. The summed E-state index contributed by atoms with van der Waals surface area (Å²) in [6.45, 7) is 2.48. The largest absolute Gasteiger partial charge is 0.497 e. The summed E-state index contributed by atoms with van der Waals surface area (Å²) in [5, 5.41) is 2.98. The predicted molar refractivity (Wildman–Crippen MR) is 84.9 cm³/mol. The lowest BCUT2D eigenvalue weighted by Crippen LogP contribution is -2.26. The number of alkyl halides is 1. The monoisotopic (exact) mass is 324 g/mol. The Labute approximate surface area is 133 Å². The van der Waals surface area contributed by atoms with E-state index in [1.165, 1.54) is 4.88 Å². The molecular weight excluding hydrogens is 308 g/mol. The van der Waals surface area contributed by atoms with Gasteiger partial charge in [0.25, 0.3) is 0 Å². The molecule has 21 heavy (non-hydrogen) atoms. The van der Waals surface area contributed by atoms with Crippen molar-refractivity contribution in [1.29, 1.82) is 0 Å². The van der Waals surface area contributed by atoms with Crippen LogP contribution in [-0.2, 0) is 17.8 Å². The smallest absolute Gasteiger partial charge is 0.242 e. The van der Waals surface area contributed by atoms with Crippen LogP contribution in [0.2, 0.25) is 0 Å². The zero-order valence-corrected chi connectivity index (χ0v) is 13.5. The van der Waals surface area contributed by atoms with Gasteiger partial charge in [-0.3, -0.25) is 4.79 Å². The van der Waals surface area contributed by atoms with E-state index in [0.29, 0.717) is 6.54 Å². The van der Waals surface area contributed by atoms with E-state index in [-0.39, 0.29) is 5.91 Å². The topological polar surface area (TPSA) is 51.2 Å². The fourth-order valence-corrected chi connectivity index (χ4v) is 2.79. The number of hydrogen-bond donors (Lipinski definition) is 1. The molecular formula is C15H17ClN2O2S. The number of methoxy groups -OCH3 is 1. The van der Waals surface area contributed by atoms with Crippen LogP contribution in [0.5, 0.6) is 5.75 Å². The SMILES string of the molecule is CCc1cnc(CNC(=O)C(Cl)c2ccc(OC)cc2)s1. The molecule has 1 unspecified atom stereocenters. The van der Waals surface area contributed by atoms with Gasteiger partial charge in [-0.05, 0) is 24.1 Å². The Morgan fingerprint density at radius 3 is 2.71 bits per heavy atom. The third-order valence-electron chi connectivity index (χ3n) is 3.00. The summed E-state index contributed by atoms with van der Waals surface area (Å²) >= 11 is 7.78. The van der Waals surface area contributed by atoms with E-state index in [0.717, 1.165) is 22.7 Å². The number of nitrogens with zero attached hydrogens (tertiary/aromatic N) is 1. The van der Waals surface area contributed by atoms with Crippen LogP contribution in [0.15, 0.2) is 30.5 Å². The molecule has 0 aliphatic heterocycles. The van der Waals surface area contributed by atoms with E-state index in [9.17, 15) is 4.79 Å². The van der Waals surface area contributed by atoms with Gasteiger partial charge in [-0.2, -0.15) is 0 Å². The molecule has 0 radical (unpaired) electrons. The van der Waals surface area contributed by atoms with Crippen LogP contribution in [0.1, 0.15) is 27.7 Å². The standard InChI is InChI=1S/C15H17ClN2O2S/c1-3-12-8-17-13(21-12)9-18-15(19)14(16)10-4-6-11(20-2)7-5-10/h4-8,14H,3,9H2,1-2H3,(H,18,19). The number of nitrogens with one attached hydrogen (secondary N) is 1. The van der Waals surface area contributed by atoms with Crippen LogP contribution in [0, 0.1) is 0 Å². The normalized spacial score (nSPS) is 12.0. The summed E-state index contributed by atoms with van der Waals surface area (Å²) in [5.41, 5.74) is 0.739. The Balaban J connectivity index is 1.92. The first kappa shape index (κ1) is 15.8. The number of ether oxygens (including phenoxy) is 1. The quantitative estimate of drug-likeness (QED) is 0.829. The van der Waals surface area contributed by atoms with Crippen molar-refractivity contribution in [3.8, 4) is 5.75 Å². The summed E-state index contributed by atoms with van der Waals surface area (Å²) in [4.78, 5) is 17.5. The molecule has 0 fully saturated rings. The lowest BCUT2D eigenvalue weighted by molar-refractivity contribution is -0.121. The third kappa shape index (κ3) is 4.19. The molecule has 2 rings (SSSR count). The molecule has 1 N–H and O–H groups in total. The van der Waals surface area contributed by atoms with E-state index >= 15 is 0 Å². The average Bonchev–Trinajstić information content (AvgIpc) is 3.00. The molecule has 0 aliphatic rings. The van der Waals surface area contributed by atoms with Crippen molar-refractivity contribution < 1.29 is 9.53 Å². The van der Waals surface area contributed by atoms with Gasteiger partial charge in [0.2, 0.25) is 5.91 Å². The lowest BCUT2D eigenvalue weighted by atomic mass is 10.1. The van der Waals surface area contributed by atoms with Crippen LogP contribution in [0.25, 0.3) is 0 Å². The van der Waals surface area contributed by atoms with Gasteiger partial charge in [0.1, 0.15) is 16.1 Å². The second-order valence-corrected chi connectivity index (χ2v) is 6.06. The molecule has 6 heteroatoms. The Hall–Kier alpha value is -1.59. The maximum atomic E-state index is 12.1. The second-order valence-electron chi connectivity index (χ2n) is 4.43. The minimum absolute atomic E-state index is 0.227. The fraction of sp³-hybridized carbons (Fsp3) is 0.333. The highest BCUT2D eigenvalue weighted by Gasteiger charge is 2.17. The van der Waals surface area contributed by atoms with Gasteiger partial charge in [-0.25, -0.2) is 4.98 Å². The van der Waals surface area contributed by atoms with Crippen LogP contribution in [0.3, 0.4) is 0 Å². The van der Waals surface area contributed by atoms with Gasteiger partial charge in [0, 0.05) is 11.1 Å². The van der Waals surface area contributed by atoms with Gasteiger partial charge in [-0.1, -0.05) is 19.1 Å². The molecule has 0 saturated carbocycles. The summed E-state index contributed by atoms with van der Waals surface area (Å²) in [6.07, 6.45) is 2.80. The maximum Gasteiger partial charge on any atom is 0.242 e. The first-order chi connectivity index (χ1) is 10.1. The van der Waals surface area contributed by atoms with Gasteiger partial charge in [-0.15, -0.1) is 22.9 Å². The van der Waals surface area contributed by atoms with E-state index in [4.69, 9.17) is 16.3 Å². The van der Waals surface area contributed by atoms with E-state index < -0.39 is 5.38 Å². The van der Waals surface area contributed by atoms with Crippen molar-refractivity contribution in [3.63, 3.8) is 0 Å². The molecule has 1 aromatic heterocycles. The molecule has 0 bridgehead atoms. The highest BCUT2D eigenvalue weighted by Crippen LogP contribution is 2.23.